The van der Waals surface area contributed by atoms with E-state index in [1.807, 2.05) is 0 Å². The molecule has 1 saturated heterocycles. The Kier molecular flexibility index (Phi) is 17.2. The highest BCUT2D eigenvalue weighted by molar-refractivity contribution is 8.76. The summed E-state index contributed by atoms with van der Waals surface area (Å²) in [4.78, 5) is 49.9. The molecule has 0 spiro atoms. The van der Waals surface area contributed by atoms with Gasteiger partial charge < -0.3 is 15.4 Å². The van der Waals surface area contributed by atoms with E-state index in [9.17, 15) is 27.6 Å². The lowest BCUT2D eigenvalue weighted by molar-refractivity contribution is -0.129. The fourth-order valence-corrected chi connectivity index (χ4v) is 11.3. The zero-order valence-corrected chi connectivity index (χ0v) is 30.6. The summed E-state index contributed by atoms with van der Waals surface area (Å²) in [6.07, 6.45) is 0.787. The molecule has 46 heavy (non-hydrogen) atoms. The van der Waals surface area contributed by atoms with E-state index in [1.165, 1.54) is 33.7 Å². The largest absolute Gasteiger partial charge is 0.355 e. The maximum atomic E-state index is 14.6. The summed E-state index contributed by atoms with van der Waals surface area (Å²) in [5.41, 5.74) is 0.973. The molecule has 2 aromatic rings. The summed E-state index contributed by atoms with van der Waals surface area (Å²) in [6.45, 7) is 0.461. The Balaban J connectivity index is 1.81. The van der Waals surface area contributed by atoms with Crippen molar-refractivity contribution in [1.29, 1.82) is 0 Å². The Bertz CT molecular complexity index is 1390. The molecule has 6 atom stereocenters. The van der Waals surface area contributed by atoms with Gasteiger partial charge in [0.2, 0.25) is 16.9 Å². The number of sulfone groups is 1. The second-order valence-electron chi connectivity index (χ2n) is 10.3. The normalized spacial score (nSPS) is 21.9. The first-order valence-electron chi connectivity index (χ1n) is 14.3. The van der Waals surface area contributed by atoms with Crippen molar-refractivity contribution < 1.29 is 27.6 Å². The van der Waals surface area contributed by atoms with Crippen LogP contribution in [-0.2, 0) is 29.0 Å². The van der Waals surface area contributed by atoms with Gasteiger partial charge in [-0.1, -0.05) is 83.4 Å². The number of aldehydes is 1. The summed E-state index contributed by atoms with van der Waals surface area (Å²) in [6, 6.07) is 16.3. The summed E-state index contributed by atoms with van der Waals surface area (Å²) >= 11 is 13.3. The zero-order chi connectivity index (χ0) is 33.5. The third-order valence-electron chi connectivity index (χ3n) is 7.19. The smallest absolute Gasteiger partial charge is 0.224 e. The van der Waals surface area contributed by atoms with Crippen molar-refractivity contribution >= 4 is 105 Å². The van der Waals surface area contributed by atoms with E-state index in [4.69, 9.17) is 0 Å². The molecule has 4 unspecified atom stereocenters. The van der Waals surface area contributed by atoms with Crippen molar-refractivity contribution in [3.05, 3.63) is 71.8 Å². The summed E-state index contributed by atoms with van der Waals surface area (Å²) in [7, 11) is -1.46. The number of hydrogen-bond donors (Lipinski definition) is 7. The predicted octanol–water partition coefficient (Wildman–Crippen LogP) is 3.13. The average molecular weight is 763 g/mol. The van der Waals surface area contributed by atoms with Crippen molar-refractivity contribution in [2.45, 2.75) is 29.0 Å². The lowest BCUT2D eigenvalue weighted by Crippen LogP contribution is -2.49. The number of rotatable bonds is 19. The monoisotopic (exact) mass is 762 g/mol. The number of carbonyl (C=O) groups is 4. The first kappa shape index (κ1) is 39.1. The third kappa shape index (κ3) is 11.1. The van der Waals surface area contributed by atoms with Crippen molar-refractivity contribution in [2.24, 2.45) is 11.8 Å². The Morgan fingerprint density at radius 1 is 0.826 bits per heavy atom. The molecule has 1 aliphatic heterocycles. The molecule has 17 heteroatoms. The molecule has 0 aromatic heterocycles. The van der Waals surface area contributed by atoms with Gasteiger partial charge in [-0.3, -0.25) is 19.1 Å². The van der Waals surface area contributed by atoms with Crippen LogP contribution in [0.25, 0.3) is 0 Å². The van der Waals surface area contributed by atoms with Crippen LogP contribution in [0.5, 0.6) is 0 Å². The minimum atomic E-state index is -4.13. The number of carbonyl (C=O) groups excluding carboxylic acids is 4. The molecule has 4 N–H and O–H groups in total. The molecule has 3 rings (SSSR count). The SMILES string of the molecule is O=C[C@H](CS)NSSCCNC(=O)C1CC(C(=O)NCCSN[C@@H](CS)C(=O)S)C(c2ccccc2)S(=O)(=O)C1c1ccccc1. The Hall–Kier alpha value is -1.31. The van der Waals surface area contributed by atoms with E-state index < -0.39 is 56.1 Å². The minimum Gasteiger partial charge on any atom is -0.355 e. The third-order valence-corrected chi connectivity index (χ3v) is 13.8. The maximum Gasteiger partial charge on any atom is 0.224 e. The van der Waals surface area contributed by atoms with Gasteiger partial charge in [0.05, 0.1) is 34.4 Å². The molecule has 10 nitrogen and oxygen atoms in total. The Morgan fingerprint density at radius 2 is 1.35 bits per heavy atom. The highest BCUT2D eigenvalue weighted by atomic mass is 33.1. The van der Waals surface area contributed by atoms with Gasteiger partial charge in [-0.25, -0.2) is 13.1 Å². The highest BCUT2D eigenvalue weighted by Gasteiger charge is 2.54. The molecule has 0 aliphatic carbocycles. The quantitative estimate of drug-likeness (QED) is 0.0372. The van der Waals surface area contributed by atoms with E-state index in [1.54, 1.807) is 60.7 Å². The van der Waals surface area contributed by atoms with Crippen LogP contribution < -0.4 is 20.1 Å². The highest BCUT2D eigenvalue weighted by Crippen LogP contribution is 2.51. The fraction of sp³-hybridized carbons (Fsp3) is 0.448. The maximum absolute atomic E-state index is 14.6. The summed E-state index contributed by atoms with van der Waals surface area (Å²) in [5, 5.41) is 3.04. The molecule has 1 aliphatic rings. The molecule has 0 saturated carbocycles. The first-order valence-corrected chi connectivity index (χ1v) is 21.0. The number of benzene rings is 2. The standard InChI is InChI=1S/C29H38N4O6S7/c34-16-21(17-40)32-45-44-14-12-31-28(36)23-15-22(27(35)30-11-13-43-33-24(18-41)29(37)42)25(19-7-3-1-4-8-19)46(38,39)26(23)20-9-5-2-6-10-20/h1-10,16,21-26,32-33,40-41H,11-15,17-18H2,(H,30,35)(H,31,36)(H,37,42)/t21-,22?,23?,24+,25?,26?/m1/s1. The Morgan fingerprint density at radius 3 is 1.80 bits per heavy atom. The van der Waals surface area contributed by atoms with E-state index >= 15 is 0 Å². The predicted molar refractivity (Wildman–Crippen MR) is 199 cm³/mol. The van der Waals surface area contributed by atoms with Gasteiger partial charge in [0.1, 0.15) is 6.29 Å². The average Bonchev–Trinajstić information content (AvgIpc) is 3.05. The van der Waals surface area contributed by atoms with Crippen LogP contribution in [0.15, 0.2) is 60.7 Å². The zero-order valence-electron chi connectivity index (χ0n) is 24.7. The van der Waals surface area contributed by atoms with Crippen molar-refractivity contribution in [3.63, 3.8) is 0 Å². The van der Waals surface area contributed by atoms with Gasteiger partial charge >= 0.3 is 0 Å². The second kappa shape index (κ2) is 20.3. The van der Waals surface area contributed by atoms with Gasteiger partial charge in [-0.05, 0) is 28.5 Å². The Labute approximate surface area is 299 Å². The molecule has 1 heterocycles. The van der Waals surface area contributed by atoms with Gasteiger partial charge in [0, 0.05) is 36.1 Å². The van der Waals surface area contributed by atoms with Crippen molar-refractivity contribution in [2.75, 3.05) is 36.1 Å². The van der Waals surface area contributed by atoms with Crippen LogP contribution in [0.2, 0.25) is 0 Å². The van der Waals surface area contributed by atoms with Gasteiger partial charge in [0.15, 0.2) is 9.84 Å². The van der Waals surface area contributed by atoms with Gasteiger partial charge in [0.25, 0.3) is 0 Å². The van der Waals surface area contributed by atoms with Crippen LogP contribution >= 0.6 is 71.6 Å². The first-order chi connectivity index (χ1) is 22.1. The lowest BCUT2D eigenvalue weighted by atomic mass is 9.83. The van der Waals surface area contributed by atoms with E-state index in [2.05, 4.69) is 58.0 Å². The molecule has 2 amide bonds. The number of hydrogen-bond acceptors (Lipinski definition) is 13. The number of amides is 2. The van der Waals surface area contributed by atoms with Gasteiger partial charge in [-0.2, -0.15) is 25.3 Å². The molecule has 2 aromatic carbocycles. The summed E-state index contributed by atoms with van der Waals surface area (Å²) < 4.78 is 35.0. The van der Waals surface area contributed by atoms with Crippen LogP contribution in [-0.4, -0.2) is 79.8 Å². The molecular weight excluding hydrogens is 725 g/mol. The molecule has 252 valence electrons. The molecule has 0 bridgehead atoms. The number of thiol groups is 3. The van der Waals surface area contributed by atoms with Crippen LogP contribution in [0.3, 0.4) is 0 Å². The topological polar surface area (TPSA) is 151 Å². The van der Waals surface area contributed by atoms with Crippen LogP contribution in [0.4, 0.5) is 0 Å². The van der Waals surface area contributed by atoms with Crippen LogP contribution in [0.1, 0.15) is 28.0 Å². The second-order valence-corrected chi connectivity index (χ2v) is 16.8. The van der Waals surface area contributed by atoms with Crippen molar-refractivity contribution in [1.82, 2.24) is 20.1 Å². The molecular formula is C29H38N4O6S7. The lowest BCUT2D eigenvalue weighted by Gasteiger charge is -2.40. The van der Waals surface area contributed by atoms with E-state index in [-0.39, 0.29) is 30.4 Å². The van der Waals surface area contributed by atoms with E-state index in [0.717, 1.165) is 6.29 Å². The molecule has 1 fully saturated rings. The fourth-order valence-electron chi connectivity index (χ4n) is 5.03. The minimum absolute atomic E-state index is 0.0176. The number of nitrogens with one attached hydrogen (secondary N) is 4. The molecule has 0 radical (unpaired) electrons. The van der Waals surface area contributed by atoms with Crippen molar-refractivity contribution in [3.8, 4) is 0 Å². The van der Waals surface area contributed by atoms with Crippen LogP contribution in [0, 0.1) is 11.8 Å². The van der Waals surface area contributed by atoms with Gasteiger partial charge in [-0.15, -0.1) is 12.6 Å². The van der Waals surface area contributed by atoms with E-state index in [0.29, 0.717) is 28.4 Å². The summed E-state index contributed by atoms with van der Waals surface area (Å²) in [5.74, 6) is -1.45.